The minimum Gasteiger partial charge on any atom is -0.382 e. The van der Waals surface area contributed by atoms with E-state index in [1.54, 1.807) is 7.11 Å². The number of likely N-dealkylation sites (tertiary alicyclic amines) is 1. The molecule has 1 amide bonds. The van der Waals surface area contributed by atoms with E-state index in [1.165, 1.54) is 0 Å². The Hall–Kier alpha value is -1.55. The predicted octanol–water partition coefficient (Wildman–Crippen LogP) is 1.74. The highest BCUT2D eigenvalue weighted by Crippen LogP contribution is 2.16. The van der Waals surface area contributed by atoms with Crippen molar-refractivity contribution in [3.63, 3.8) is 0 Å². The predicted molar refractivity (Wildman–Crippen MR) is 71.5 cm³/mol. The smallest absolute Gasteiger partial charge is 0.248 e. The summed E-state index contributed by atoms with van der Waals surface area (Å²) in [7, 11) is 1.56. The second kappa shape index (κ2) is 6.40. The van der Waals surface area contributed by atoms with Crippen LogP contribution in [0.5, 0.6) is 0 Å². The number of amides is 1. The summed E-state index contributed by atoms with van der Waals surface area (Å²) in [4.78, 5) is 13.5. The van der Waals surface area contributed by atoms with E-state index in [4.69, 9.17) is 4.74 Å². The number of carbonyl (C=O) groups excluding carboxylic acids is 1. The van der Waals surface area contributed by atoms with E-state index in [0.29, 0.717) is 6.04 Å². The van der Waals surface area contributed by atoms with Crippen LogP contribution in [0.25, 0.3) is 0 Å². The number of rotatable bonds is 4. The molecule has 1 fully saturated rings. The lowest BCUT2D eigenvalue weighted by Crippen LogP contribution is -2.43. The number of carbonyl (C=O) groups is 1. The van der Waals surface area contributed by atoms with Crippen molar-refractivity contribution in [2.75, 3.05) is 32.1 Å². The number of anilines is 1. The summed E-state index contributed by atoms with van der Waals surface area (Å²) in [6, 6.07) is 10.7. The zero-order valence-electron chi connectivity index (χ0n) is 10.8. The monoisotopic (exact) mass is 248 g/mol. The maximum atomic E-state index is 11.6. The van der Waals surface area contributed by atoms with Gasteiger partial charge in [0.2, 0.25) is 5.91 Å². The van der Waals surface area contributed by atoms with Crippen LogP contribution in [0.3, 0.4) is 0 Å². The van der Waals surface area contributed by atoms with Gasteiger partial charge in [-0.25, -0.2) is 0 Å². The Morgan fingerprint density at radius 1 is 1.33 bits per heavy atom. The Morgan fingerprint density at radius 3 is 2.61 bits per heavy atom. The number of piperidine rings is 1. The molecule has 4 heteroatoms. The van der Waals surface area contributed by atoms with Crippen LogP contribution in [0.1, 0.15) is 12.8 Å². The quantitative estimate of drug-likeness (QED) is 0.882. The fourth-order valence-electron chi connectivity index (χ4n) is 2.26. The van der Waals surface area contributed by atoms with Gasteiger partial charge in [0.05, 0.1) is 0 Å². The molecule has 1 saturated heterocycles. The van der Waals surface area contributed by atoms with Crippen molar-refractivity contribution < 1.29 is 9.53 Å². The number of ether oxygens (including phenoxy) is 1. The van der Waals surface area contributed by atoms with Gasteiger partial charge in [0.1, 0.15) is 6.61 Å². The zero-order valence-corrected chi connectivity index (χ0v) is 10.8. The van der Waals surface area contributed by atoms with Crippen LogP contribution in [-0.4, -0.2) is 43.7 Å². The highest BCUT2D eigenvalue weighted by Gasteiger charge is 2.22. The lowest BCUT2D eigenvalue weighted by Gasteiger charge is -2.32. The summed E-state index contributed by atoms with van der Waals surface area (Å²) in [6.45, 7) is 1.82. The Bertz CT molecular complexity index is 373. The van der Waals surface area contributed by atoms with Crippen LogP contribution in [0.2, 0.25) is 0 Å². The molecule has 1 aromatic carbocycles. The van der Waals surface area contributed by atoms with Crippen molar-refractivity contribution in [1.82, 2.24) is 4.90 Å². The molecule has 1 aliphatic heterocycles. The topological polar surface area (TPSA) is 41.6 Å². The van der Waals surface area contributed by atoms with Crippen molar-refractivity contribution in [3.05, 3.63) is 30.3 Å². The van der Waals surface area contributed by atoms with Crippen molar-refractivity contribution >= 4 is 11.6 Å². The molecule has 98 valence electrons. The van der Waals surface area contributed by atoms with Gasteiger partial charge in [-0.2, -0.15) is 0 Å². The first-order valence-electron chi connectivity index (χ1n) is 6.38. The third-order valence-electron chi connectivity index (χ3n) is 3.26. The average molecular weight is 248 g/mol. The molecule has 0 aromatic heterocycles. The minimum absolute atomic E-state index is 0.0932. The van der Waals surface area contributed by atoms with Gasteiger partial charge in [-0.1, -0.05) is 18.2 Å². The van der Waals surface area contributed by atoms with E-state index in [2.05, 4.69) is 17.4 Å². The molecule has 18 heavy (non-hydrogen) atoms. The third kappa shape index (κ3) is 3.47. The Balaban J connectivity index is 1.78. The molecule has 2 rings (SSSR count). The maximum absolute atomic E-state index is 11.6. The average Bonchev–Trinajstić information content (AvgIpc) is 2.41. The highest BCUT2D eigenvalue weighted by atomic mass is 16.5. The first kappa shape index (κ1) is 12.9. The molecule has 0 bridgehead atoms. The number of nitrogens with zero attached hydrogens (tertiary/aromatic N) is 1. The van der Waals surface area contributed by atoms with Gasteiger partial charge >= 0.3 is 0 Å². The Morgan fingerprint density at radius 2 is 2.00 bits per heavy atom. The first-order chi connectivity index (χ1) is 8.79. The standard InChI is InChI=1S/C14H20N2O2/c1-18-11-14(17)16-9-7-13(8-10-16)15-12-5-3-2-4-6-12/h2-6,13,15H,7-11H2,1H3. The summed E-state index contributed by atoms with van der Waals surface area (Å²) < 4.78 is 4.87. The lowest BCUT2D eigenvalue weighted by molar-refractivity contribution is -0.136. The summed E-state index contributed by atoms with van der Waals surface area (Å²) in [6.07, 6.45) is 1.98. The maximum Gasteiger partial charge on any atom is 0.248 e. The molecule has 4 nitrogen and oxygen atoms in total. The summed E-state index contributed by atoms with van der Waals surface area (Å²) >= 11 is 0. The van der Waals surface area contributed by atoms with Crippen molar-refractivity contribution in [1.29, 1.82) is 0 Å². The van der Waals surface area contributed by atoms with Gasteiger partial charge in [-0.3, -0.25) is 4.79 Å². The minimum atomic E-state index is 0.0932. The summed E-state index contributed by atoms with van der Waals surface area (Å²) in [5.41, 5.74) is 1.15. The number of hydrogen-bond donors (Lipinski definition) is 1. The SMILES string of the molecule is COCC(=O)N1CCC(Nc2ccccc2)CC1. The first-order valence-corrected chi connectivity index (χ1v) is 6.38. The summed E-state index contributed by atoms with van der Waals surface area (Å²) in [5.74, 6) is 0.0932. The molecule has 1 N–H and O–H groups in total. The van der Waals surface area contributed by atoms with Gasteiger partial charge in [0, 0.05) is 31.9 Å². The normalized spacial score (nSPS) is 16.6. The van der Waals surface area contributed by atoms with Crippen LogP contribution in [-0.2, 0) is 9.53 Å². The number of benzene rings is 1. The molecule has 1 aromatic rings. The molecular weight excluding hydrogens is 228 g/mol. The van der Waals surface area contributed by atoms with E-state index < -0.39 is 0 Å². The van der Waals surface area contributed by atoms with Crippen LogP contribution in [0, 0.1) is 0 Å². The zero-order chi connectivity index (χ0) is 12.8. The highest BCUT2D eigenvalue weighted by molar-refractivity contribution is 5.77. The number of nitrogens with one attached hydrogen (secondary N) is 1. The second-order valence-electron chi connectivity index (χ2n) is 4.60. The number of hydrogen-bond acceptors (Lipinski definition) is 3. The molecule has 0 spiro atoms. The molecule has 0 aliphatic carbocycles. The molecular formula is C14H20N2O2. The van der Waals surface area contributed by atoms with Gasteiger partial charge in [-0.05, 0) is 25.0 Å². The van der Waals surface area contributed by atoms with Crippen molar-refractivity contribution in [2.45, 2.75) is 18.9 Å². The van der Waals surface area contributed by atoms with E-state index >= 15 is 0 Å². The molecule has 0 saturated carbocycles. The molecule has 0 unspecified atom stereocenters. The Kier molecular flexibility index (Phi) is 4.59. The van der Waals surface area contributed by atoms with E-state index in [1.807, 2.05) is 23.1 Å². The lowest BCUT2D eigenvalue weighted by atomic mass is 10.0. The Labute approximate surface area is 108 Å². The van der Waals surface area contributed by atoms with E-state index in [9.17, 15) is 4.79 Å². The third-order valence-corrected chi connectivity index (χ3v) is 3.26. The van der Waals surface area contributed by atoms with Crippen LogP contribution in [0.15, 0.2) is 30.3 Å². The fourth-order valence-corrected chi connectivity index (χ4v) is 2.26. The van der Waals surface area contributed by atoms with E-state index in [-0.39, 0.29) is 12.5 Å². The van der Waals surface area contributed by atoms with Crippen molar-refractivity contribution in [3.8, 4) is 0 Å². The van der Waals surface area contributed by atoms with Crippen molar-refractivity contribution in [2.24, 2.45) is 0 Å². The second-order valence-corrected chi connectivity index (χ2v) is 4.60. The summed E-state index contributed by atoms with van der Waals surface area (Å²) in [5, 5.41) is 3.50. The molecule has 0 atom stereocenters. The van der Waals surface area contributed by atoms with Crippen LogP contribution >= 0.6 is 0 Å². The van der Waals surface area contributed by atoms with Gasteiger partial charge < -0.3 is 15.0 Å². The van der Waals surface area contributed by atoms with E-state index in [0.717, 1.165) is 31.6 Å². The van der Waals surface area contributed by atoms with Gasteiger partial charge in [0.25, 0.3) is 0 Å². The van der Waals surface area contributed by atoms with Crippen LogP contribution in [0.4, 0.5) is 5.69 Å². The van der Waals surface area contributed by atoms with Crippen LogP contribution < -0.4 is 5.32 Å². The number of methoxy groups -OCH3 is 1. The molecule has 1 aliphatic rings. The molecule has 0 radical (unpaired) electrons. The van der Waals surface area contributed by atoms with Gasteiger partial charge in [-0.15, -0.1) is 0 Å². The number of para-hydroxylation sites is 1. The largest absolute Gasteiger partial charge is 0.382 e. The molecule has 1 heterocycles. The fraction of sp³-hybridized carbons (Fsp3) is 0.500. The van der Waals surface area contributed by atoms with Gasteiger partial charge in [0.15, 0.2) is 0 Å².